The fraction of sp³-hybridized carbons (Fsp3) is 0.474. The van der Waals surface area contributed by atoms with Crippen LogP contribution in [0.4, 0.5) is 4.79 Å². The number of ether oxygens (including phenoxy) is 1. The first-order chi connectivity index (χ1) is 11.1. The van der Waals surface area contributed by atoms with Crippen LogP contribution in [0.3, 0.4) is 0 Å². The Bertz CT molecular complexity index is 733. The summed E-state index contributed by atoms with van der Waals surface area (Å²) in [5.74, 6) is 0. The van der Waals surface area contributed by atoms with E-state index in [0.717, 1.165) is 30.5 Å². The van der Waals surface area contributed by atoms with E-state index < -0.39 is 0 Å². The second-order valence-electron chi connectivity index (χ2n) is 6.27. The van der Waals surface area contributed by atoms with Gasteiger partial charge >= 0.3 is 6.09 Å². The number of para-hydroxylation sites is 1. The van der Waals surface area contributed by atoms with Crippen LogP contribution in [0.5, 0.6) is 0 Å². The van der Waals surface area contributed by atoms with Crippen molar-refractivity contribution in [2.75, 3.05) is 13.1 Å². The smallest absolute Gasteiger partial charge is 0.410 e. The van der Waals surface area contributed by atoms with Gasteiger partial charge < -0.3 is 9.64 Å². The van der Waals surface area contributed by atoms with Gasteiger partial charge in [0.05, 0.1) is 5.52 Å². The molecule has 0 spiro atoms. The van der Waals surface area contributed by atoms with E-state index in [0.29, 0.717) is 13.1 Å². The number of hydrogen-bond donors (Lipinski definition) is 0. The number of amides is 1. The molecule has 1 aromatic heterocycles. The van der Waals surface area contributed by atoms with Gasteiger partial charge in [0.15, 0.2) is 0 Å². The highest BCUT2D eigenvalue weighted by molar-refractivity contribution is 5.85. The lowest BCUT2D eigenvalue weighted by Gasteiger charge is -2.22. The Labute approximate surface area is 149 Å². The molecule has 1 aromatic carbocycles. The summed E-state index contributed by atoms with van der Waals surface area (Å²) in [6.45, 7) is 7.49. The Hall–Kier alpha value is -1.81. The molecule has 1 amide bonds. The zero-order valence-corrected chi connectivity index (χ0v) is 15.4. The van der Waals surface area contributed by atoms with Crippen molar-refractivity contribution in [3.63, 3.8) is 0 Å². The van der Waals surface area contributed by atoms with E-state index in [1.165, 1.54) is 16.5 Å². The number of pyridine rings is 1. The van der Waals surface area contributed by atoms with Gasteiger partial charge in [0, 0.05) is 30.6 Å². The number of aryl methyl sites for hydroxylation is 1. The van der Waals surface area contributed by atoms with Gasteiger partial charge in [0.1, 0.15) is 6.10 Å². The lowest BCUT2D eigenvalue weighted by Crippen LogP contribution is -2.35. The summed E-state index contributed by atoms with van der Waals surface area (Å²) < 4.78 is 5.47. The summed E-state index contributed by atoms with van der Waals surface area (Å²) in [5.41, 5.74) is 4.75. The van der Waals surface area contributed by atoms with Gasteiger partial charge in [-0.1, -0.05) is 25.1 Å². The molecule has 0 bridgehead atoms. The third-order valence-corrected chi connectivity index (χ3v) is 4.75. The number of aromatic nitrogens is 1. The Morgan fingerprint density at radius 2 is 2.00 bits per heavy atom. The molecular formula is C19H25ClN2O2. The van der Waals surface area contributed by atoms with Crippen LogP contribution in [0.15, 0.2) is 24.3 Å². The lowest BCUT2D eigenvalue weighted by atomic mass is 9.99. The van der Waals surface area contributed by atoms with Crippen molar-refractivity contribution in [3.05, 3.63) is 41.1 Å². The van der Waals surface area contributed by atoms with E-state index in [9.17, 15) is 4.79 Å². The number of halogens is 1. The molecule has 0 saturated heterocycles. The summed E-state index contributed by atoms with van der Waals surface area (Å²) in [6.07, 6.45) is 2.24. The molecule has 0 saturated carbocycles. The Morgan fingerprint density at radius 3 is 2.75 bits per heavy atom. The quantitative estimate of drug-likeness (QED) is 0.812. The fourth-order valence-corrected chi connectivity index (χ4v) is 3.13. The zero-order chi connectivity index (χ0) is 16.4. The van der Waals surface area contributed by atoms with E-state index >= 15 is 0 Å². The molecule has 5 heteroatoms. The minimum absolute atomic E-state index is 0. The molecular weight excluding hydrogens is 324 g/mol. The largest absolute Gasteiger partial charge is 0.446 e. The predicted molar refractivity (Wildman–Crippen MR) is 98.9 cm³/mol. The molecule has 1 unspecified atom stereocenters. The zero-order valence-electron chi connectivity index (χ0n) is 14.5. The average molecular weight is 349 g/mol. The van der Waals surface area contributed by atoms with Crippen molar-refractivity contribution in [1.29, 1.82) is 0 Å². The molecule has 0 fully saturated rings. The van der Waals surface area contributed by atoms with E-state index in [4.69, 9.17) is 9.72 Å². The average Bonchev–Trinajstić information content (AvgIpc) is 2.78. The standard InChI is InChI=1S/C19H24N2O2.ClH/c1-4-13(2)23-19(22)21-11-9-16-14(3)15-7-5-6-8-17(15)20-18(16)10-12-21;/h5-8,13H,4,9-12H2,1-3H3;1H. The maximum Gasteiger partial charge on any atom is 0.410 e. The molecule has 2 heterocycles. The van der Waals surface area contributed by atoms with Crippen molar-refractivity contribution >= 4 is 29.4 Å². The van der Waals surface area contributed by atoms with Crippen molar-refractivity contribution < 1.29 is 9.53 Å². The van der Waals surface area contributed by atoms with Crippen molar-refractivity contribution in [3.8, 4) is 0 Å². The highest BCUT2D eigenvalue weighted by atomic mass is 35.5. The Balaban J connectivity index is 0.00000208. The molecule has 1 aliphatic heterocycles. The van der Waals surface area contributed by atoms with Crippen molar-refractivity contribution in [1.82, 2.24) is 9.88 Å². The number of carbonyl (C=O) groups is 1. The van der Waals surface area contributed by atoms with Crippen molar-refractivity contribution in [2.45, 2.75) is 46.1 Å². The fourth-order valence-electron chi connectivity index (χ4n) is 3.13. The normalized spacial score (nSPS) is 15.2. The molecule has 1 aliphatic rings. The molecule has 0 N–H and O–H groups in total. The van der Waals surface area contributed by atoms with Gasteiger partial charge in [0.2, 0.25) is 0 Å². The van der Waals surface area contributed by atoms with Gasteiger partial charge in [-0.3, -0.25) is 4.98 Å². The molecule has 130 valence electrons. The molecule has 0 radical (unpaired) electrons. The first kappa shape index (κ1) is 18.5. The SMILES string of the molecule is CCC(C)OC(=O)N1CCc2nc3ccccc3c(C)c2CC1.Cl. The van der Waals surface area contributed by atoms with E-state index in [-0.39, 0.29) is 24.6 Å². The number of carbonyl (C=O) groups excluding carboxylic acids is 1. The molecule has 24 heavy (non-hydrogen) atoms. The predicted octanol–water partition coefficient (Wildman–Crippen LogP) is 4.30. The molecule has 1 atom stereocenters. The topological polar surface area (TPSA) is 42.4 Å². The summed E-state index contributed by atoms with van der Waals surface area (Å²) in [6, 6.07) is 8.25. The van der Waals surface area contributed by atoms with Crippen LogP contribution in [0.1, 0.15) is 37.1 Å². The van der Waals surface area contributed by atoms with Crippen LogP contribution in [-0.4, -0.2) is 35.2 Å². The Kier molecular flexibility index (Phi) is 6.05. The van der Waals surface area contributed by atoms with Gasteiger partial charge in [-0.15, -0.1) is 12.4 Å². The van der Waals surface area contributed by atoms with Gasteiger partial charge in [-0.25, -0.2) is 4.79 Å². The van der Waals surface area contributed by atoms with Crippen LogP contribution in [0.2, 0.25) is 0 Å². The van der Waals surface area contributed by atoms with E-state index in [2.05, 4.69) is 25.1 Å². The first-order valence-electron chi connectivity index (χ1n) is 8.42. The second-order valence-corrected chi connectivity index (χ2v) is 6.27. The van der Waals surface area contributed by atoms with E-state index in [1.807, 2.05) is 24.8 Å². The maximum absolute atomic E-state index is 12.3. The highest BCUT2D eigenvalue weighted by Crippen LogP contribution is 2.25. The Morgan fingerprint density at radius 1 is 1.29 bits per heavy atom. The van der Waals surface area contributed by atoms with Crippen LogP contribution in [0, 0.1) is 6.92 Å². The number of fused-ring (bicyclic) bond motifs is 2. The van der Waals surface area contributed by atoms with Crippen LogP contribution in [0.25, 0.3) is 10.9 Å². The summed E-state index contributed by atoms with van der Waals surface area (Å²) in [5, 5.41) is 1.21. The number of rotatable bonds is 2. The first-order valence-corrected chi connectivity index (χ1v) is 8.42. The molecule has 4 nitrogen and oxygen atoms in total. The van der Waals surface area contributed by atoms with Crippen LogP contribution >= 0.6 is 12.4 Å². The minimum atomic E-state index is -0.200. The second kappa shape index (κ2) is 7.84. The third kappa shape index (κ3) is 3.64. The van der Waals surface area contributed by atoms with Gasteiger partial charge in [0.25, 0.3) is 0 Å². The summed E-state index contributed by atoms with van der Waals surface area (Å²) in [7, 11) is 0. The van der Waals surface area contributed by atoms with Gasteiger partial charge in [-0.05, 0) is 43.9 Å². The number of benzene rings is 1. The summed E-state index contributed by atoms with van der Waals surface area (Å²) >= 11 is 0. The molecule has 3 rings (SSSR count). The maximum atomic E-state index is 12.3. The van der Waals surface area contributed by atoms with Crippen LogP contribution in [-0.2, 0) is 17.6 Å². The number of hydrogen-bond acceptors (Lipinski definition) is 3. The molecule has 0 aliphatic carbocycles. The van der Waals surface area contributed by atoms with Crippen molar-refractivity contribution in [2.24, 2.45) is 0 Å². The summed E-state index contributed by atoms with van der Waals surface area (Å²) in [4.78, 5) is 18.9. The highest BCUT2D eigenvalue weighted by Gasteiger charge is 2.23. The van der Waals surface area contributed by atoms with E-state index in [1.54, 1.807) is 0 Å². The van der Waals surface area contributed by atoms with Crippen LogP contribution < -0.4 is 0 Å². The minimum Gasteiger partial charge on any atom is -0.446 e. The monoisotopic (exact) mass is 348 g/mol. The third-order valence-electron chi connectivity index (χ3n) is 4.75. The lowest BCUT2D eigenvalue weighted by molar-refractivity contribution is 0.0696. The molecule has 2 aromatic rings. The van der Waals surface area contributed by atoms with Gasteiger partial charge in [-0.2, -0.15) is 0 Å². The number of nitrogens with zero attached hydrogens (tertiary/aromatic N) is 2.